The maximum Gasteiger partial charge on any atom is 0.320 e. The third-order valence-corrected chi connectivity index (χ3v) is 10.2. The van der Waals surface area contributed by atoms with Crippen molar-refractivity contribution in [3.05, 3.63) is 0 Å². The number of likely N-dealkylation sites (N-methyl/N-ethyl adjacent to an activating group) is 1. The molecule has 0 aromatic rings. The second-order valence-corrected chi connectivity index (χ2v) is 16.1. The van der Waals surface area contributed by atoms with E-state index in [4.69, 9.17) is 29.2 Å². The molecule has 17 nitrogen and oxygen atoms in total. The Balaban J connectivity index is 0. The summed E-state index contributed by atoms with van der Waals surface area (Å²) in [4.78, 5) is 79.3. The van der Waals surface area contributed by atoms with Gasteiger partial charge in [0.05, 0.1) is 32.3 Å². The molecule has 17 heteroatoms. The van der Waals surface area contributed by atoms with Gasteiger partial charge in [-0.3, -0.25) is 33.6 Å². The molecular weight excluding hydrogens is 831 g/mol. The van der Waals surface area contributed by atoms with E-state index in [0.29, 0.717) is 97.7 Å². The van der Waals surface area contributed by atoms with Crippen molar-refractivity contribution in [2.75, 3.05) is 73.0 Å². The molecule has 0 aliphatic carbocycles. The Morgan fingerprint density at radius 2 is 1.00 bits per heavy atom. The molecule has 2 amide bonds. The van der Waals surface area contributed by atoms with Crippen LogP contribution in [-0.4, -0.2) is 136 Å². The van der Waals surface area contributed by atoms with Crippen molar-refractivity contribution >= 4 is 41.3 Å². The fraction of sp³-hybridized carbons (Fsp3) is 0.851. The Labute approximate surface area is 383 Å². The van der Waals surface area contributed by atoms with Crippen LogP contribution in [0.25, 0.3) is 0 Å². The molecule has 0 aliphatic rings. The molecular formula is C47H87N3O14. The van der Waals surface area contributed by atoms with Gasteiger partial charge in [-0.2, -0.15) is 0 Å². The van der Waals surface area contributed by atoms with Gasteiger partial charge < -0.3 is 50.2 Å². The van der Waals surface area contributed by atoms with Crippen molar-refractivity contribution in [3.63, 3.8) is 0 Å². The zero-order valence-electron chi connectivity index (χ0n) is 39.7. The largest absolute Gasteiger partial charge is 0.481 e. The first kappa shape index (κ1) is 62.6. The maximum absolute atomic E-state index is 12.0. The van der Waals surface area contributed by atoms with Gasteiger partial charge in [-0.1, -0.05) is 90.9 Å². The van der Waals surface area contributed by atoms with E-state index in [9.17, 15) is 38.7 Å². The van der Waals surface area contributed by atoms with Gasteiger partial charge in [0.15, 0.2) is 5.78 Å². The average Bonchev–Trinajstić information content (AvgIpc) is 3.26. The summed E-state index contributed by atoms with van der Waals surface area (Å²) in [6.07, 6.45) is 20.8. The average molecular weight is 918 g/mol. The minimum absolute atomic E-state index is 0.0174. The number of unbranched alkanes of at least 4 members (excludes halogenated alkanes) is 14. The minimum atomic E-state index is -1.00. The third kappa shape index (κ3) is 46.5. The van der Waals surface area contributed by atoms with Crippen molar-refractivity contribution < 1.29 is 67.8 Å². The van der Waals surface area contributed by atoms with Crippen LogP contribution >= 0.6 is 0 Å². The molecule has 374 valence electrons. The van der Waals surface area contributed by atoms with E-state index in [2.05, 4.69) is 16.0 Å². The van der Waals surface area contributed by atoms with E-state index in [-0.39, 0.29) is 55.9 Å². The molecule has 0 saturated carbocycles. The standard InChI is InChI=1S/C25H45NO6.C22H42N2O8/c1-26-23(28)19-18-21(25(31)32)20-22(27)16-14-12-10-8-6-4-2-3-5-7-9-11-13-15-17-24(29)30;1-3-11-29-13-15-31-17-19(25)8-7-12-30-14-16-32-18-21(26)24-10-6-5-9-20(22(27)28)23-4-2/h21H,2-20H2,1H3,(H,26,28)(H,29,30)(H,31,32);20,23H,3-18H2,1-2H3,(H,24,26)(H,27,28)/t21-;20-/m10/s1. The molecule has 0 heterocycles. The van der Waals surface area contributed by atoms with Crippen LogP contribution in [0.1, 0.15) is 174 Å². The SMILES string of the molecule is CCCOCCOCC(=O)CCCOCCOCC(=O)NCCCC[C@H](NCC)C(=O)O.CNC(=O)CC[C@H](CC(=O)CCCCCCCCCCCCCCCCC(=O)O)C(=O)O. The topological polar surface area (TPSA) is 253 Å². The molecule has 0 fully saturated rings. The number of amides is 2. The van der Waals surface area contributed by atoms with E-state index in [1.165, 1.54) is 58.4 Å². The summed E-state index contributed by atoms with van der Waals surface area (Å²) in [5, 5.41) is 35.0. The molecule has 0 spiro atoms. The van der Waals surface area contributed by atoms with Crippen LogP contribution in [0.2, 0.25) is 0 Å². The second-order valence-electron chi connectivity index (χ2n) is 16.1. The number of carboxylic acid groups (broad SMARTS) is 3. The smallest absolute Gasteiger partial charge is 0.320 e. The van der Waals surface area contributed by atoms with Crippen molar-refractivity contribution in [1.82, 2.24) is 16.0 Å². The van der Waals surface area contributed by atoms with E-state index in [1.807, 2.05) is 13.8 Å². The van der Waals surface area contributed by atoms with Gasteiger partial charge >= 0.3 is 17.9 Å². The lowest BCUT2D eigenvalue weighted by Gasteiger charge is -2.12. The van der Waals surface area contributed by atoms with Crippen molar-refractivity contribution in [2.45, 2.75) is 180 Å². The van der Waals surface area contributed by atoms with Gasteiger partial charge in [-0.25, -0.2) is 0 Å². The van der Waals surface area contributed by atoms with E-state index >= 15 is 0 Å². The van der Waals surface area contributed by atoms with E-state index in [0.717, 1.165) is 44.9 Å². The van der Waals surface area contributed by atoms with Crippen LogP contribution in [-0.2, 0) is 52.5 Å². The van der Waals surface area contributed by atoms with Gasteiger partial charge in [0.1, 0.15) is 25.0 Å². The highest BCUT2D eigenvalue weighted by atomic mass is 16.5. The van der Waals surface area contributed by atoms with E-state index < -0.39 is 29.9 Å². The Kier molecular flexibility index (Phi) is 46.4. The molecule has 2 atom stereocenters. The first-order chi connectivity index (χ1) is 30.9. The Bertz CT molecular complexity index is 1210. The van der Waals surface area contributed by atoms with Crippen molar-refractivity contribution in [1.29, 1.82) is 0 Å². The second kappa shape index (κ2) is 47.5. The highest BCUT2D eigenvalue weighted by molar-refractivity contribution is 5.84. The monoisotopic (exact) mass is 918 g/mol. The summed E-state index contributed by atoms with van der Waals surface area (Å²) in [6.45, 7) is 7.79. The number of carboxylic acids is 3. The summed E-state index contributed by atoms with van der Waals surface area (Å²) in [5.74, 6) is -3.71. The van der Waals surface area contributed by atoms with Gasteiger partial charge in [0.25, 0.3) is 0 Å². The highest BCUT2D eigenvalue weighted by Crippen LogP contribution is 2.17. The number of carbonyl (C=O) groups excluding carboxylic acids is 4. The van der Waals surface area contributed by atoms with Crippen LogP contribution < -0.4 is 16.0 Å². The molecule has 6 N–H and O–H groups in total. The van der Waals surface area contributed by atoms with Crippen LogP contribution in [0, 0.1) is 5.92 Å². The van der Waals surface area contributed by atoms with Crippen LogP contribution in [0.4, 0.5) is 0 Å². The third-order valence-electron chi connectivity index (χ3n) is 10.2. The van der Waals surface area contributed by atoms with Crippen LogP contribution in [0.5, 0.6) is 0 Å². The first-order valence-corrected chi connectivity index (χ1v) is 24.1. The number of hydrogen-bond acceptors (Lipinski definition) is 12. The number of ether oxygens (including phenoxy) is 4. The fourth-order valence-corrected chi connectivity index (χ4v) is 6.53. The minimum Gasteiger partial charge on any atom is -0.481 e. The van der Waals surface area contributed by atoms with Gasteiger partial charge in [0.2, 0.25) is 11.8 Å². The molecule has 0 unspecified atom stereocenters. The Morgan fingerprint density at radius 3 is 1.52 bits per heavy atom. The number of hydrogen-bond donors (Lipinski definition) is 6. The summed E-state index contributed by atoms with van der Waals surface area (Å²) >= 11 is 0. The number of nitrogens with one attached hydrogen (secondary N) is 3. The predicted molar refractivity (Wildman–Crippen MR) is 245 cm³/mol. The molecule has 0 aromatic carbocycles. The molecule has 0 rings (SSSR count). The number of rotatable bonds is 47. The number of carbonyl (C=O) groups is 7. The summed E-state index contributed by atoms with van der Waals surface area (Å²) in [6, 6.07) is -0.541. The number of ketones is 2. The van der Waals surface area contributed by atoms with Crippen LogP contribution in [0.15, 0.2) is 0 Å². The fourth-order valence-electron chi connectivity index (χ4n) is 6.53. The predicted octanol–water partition coefficient (Wildman–Crippen LogP) is 6.66. The van der Waals surface area contributed by atoms with Crippen LogP contribution in [0.3, 0.4) is 0 Å². The highest BCUT2D eigenvalue weighted by Gasteiger charge is 2.22. The lowest BCUT2D eigenvalue weighted by atomic mass is 9.94. The van der Waals surface area contributed by atoms with Gasteiger partial charge in [-0.15, -0.1) is 0 Å². The summed E-state index contributed by atoms with van der Waals surface area (Å²) in [5.41, 5.74) is 0. The van der Waals surface area contributed by atoms with E-state index in [1.54, 1.807) is 0 Å². The maximum atomic E-state index is 12.0. The molecule has 0 bridgehead atoms. The van der Waals surface area contributed by atoms with Crippen molar-refractivity contribution in [3.8, 4) is 0 Å². The number of Topliss-reactive ketones (excluding diaryl/α,β-unsaturated/α-hetero) is 2. The normalized spacial score (nSPS) is 11.9. The number of aliphatic carboxylic acids is 3. The lowest BCUT2D eigenvalue weighted by Crippen LogP contribution is -2.36. The molecule has 0 aliphatic heterocycles. The van der Waals surface area contributed by atoms with Gasteiger partial charge in [-0.05, 0) is 57.9 Å². The summed E-state index contributed by atoms with van der Waals surface area (Å²) in [7, 11) is 1.51. The Hall–Kier alpha value is -3.51. The summed E-state index contributed by atoms with van der Waals surface area (Å²) < 4.78 is 21.1. The van der Waals surface area contributed by atoms with Crippen molar-refractivity contribution in [2.24, 2.45) is 5.92 Å². The quantitative estimate of drug-likeness (QED) is 0.0349. The molecule has 0 saturated heterocycles. The zero-order chi connectivity index (χ0) is 47.9. The first-order valence-electron chi connectivity index (χ1n) is 24.1. The molecule has 0 aromatic heterocycles. The van der Waals surface area contributed by atoms with Gasteiger partial charge in [0, 0.05) is 58.9 Å². The molecule has 64 heavy (non-hydrogen) atoms. The lowest BCUT2D eigenvalue weighted by molar-refractivity contribution is -0.144. The molecule has 0 radical (unpaired) electrons. The Morgan fingerprint density at radius 1 is 0.484 bits per heavy atom. The zero-order valence-corrected chi connectivity index (χ0v) is 39.7.